The minimum atomic E-state index is -0.0313. The van der Waals surface area contributed by atoms with Gasteiger partial charge in [0.2, 0.25) is 0 Å². The number of hydrogen-bond donors (Lipinski definition) is 0. The molecule has 0 saturated carbocycles. The van der Waals surface area contributed by atoms with E-state index in [2.05, 4.69) is 19.1 Å². The van der Waals surface area contributed by atoms with Crippen LogP contribution in [0.5, 0.6) is 5.75 Å². The summed E-state index contributed by atoms with van der Waals surface area (Å²) in [6.07, 6.45) is 1.24. The Kier molecular flexibility index (Phi) is 2.17. The van der Waals surface area contributed by atoms with Crippen LogP contribution in [-0.4, -0.2) is 6.10 Å². The molecule has 0 amide bonds. The molecule has 0 bridgehead atoms. The third kappa shape index (κ3) is 1.46. The van der Waals surface area contributed by atoms with Crippen molar-refractivity contribution in [2.75, 3.05) is 0 Å². The van der Waals surface area contributed by atoms with E-state index in [1.165, 1.54) is 5.56 Å². The van der Waals surface area contributed by atoms with Gasteiger partial charge in [-0.05, 0) is 31.0 Å². The van der Waals surface area contributed by atoms with Gasteiger partial charge in [-0.15, -0.1) is 0 Å². The number of nitriles is 1. The van der Waals surface area contributed by atoms with E-state index in [-0.39, 0.29) is 12.0 Å². The van der Waals surface area contributed by atoms with Gasteiger partial charge in [0, 0.05) is 6.42 Å². The molecule has 2 heteroatoms. The molecule has 0 aromatic heterocycles. The number of ether oxygens (including phenoxy) is 1. The van der Waals surface area contributed by atoms with Crippen LogP contribution in [0.3, 0.4) is 0 Å². The summed E-state index contributed by atoms with van der Waals surface area (Å²) in [6, 6.07) is 8.28. The van der Waals surface area contributed by atoms with Crippen molar-refractivity contribution in [3.8, 4) is 11.8 Å². The van der Waals surface area contributed by atoms with Crippen LogP contribution in [0.25, 0.3) is 0 Å². The van der Waals surface area contributed by atoms with Crippen molar-refractivity contribution in [2.24, 2.45) is 0 Å². The highest BCUT2D eigenvalue weighted by Gasteiger charge is 2.19. The molecule has 0 aliphatic carbocycles. The standard InChI is InChI=1S/C12H13NO/c1-8(7-13)10-3-4-12-11(6-10)5-9(2)14-12/h3-4,6,8-9H,5H2,1-2H3. The van der Waals surface area contributed by atoms with Gasteiger partial charge in [-0.1, -0.05) is 12.1 Å². The molecular weight excluding hydrogens is 174 g/mol. The monoisotopic (exact) mass is 187 g/mol. The van der Waals surface area contributed by atoms with Crippen LogP contribution in [0.4, 0.5) is 0 Å². The maximum absolute atomic E-state index is 8.81. The molecule has 1 aliphatic heterocycles. The molecular formula is C12H13NO. The smallest absolute Gasteiger partial charge is 0.123 e. The molecule has 2 atom stereocenters. The van der Waals surface area contributed by atoms with Crippen LogP contribution >= 0.6 is 0 Å². The Morgan fingerprint density at radius 3 is 3.07 bits per heavy atom. The fourth-order valence-corrected chi connectivity index (χ4v) is 1.79. The van der Waals surface area contributed by atoms with E-state index < -0.39 is 0 Å². The molecule has 0 N–H and O–H groups in total. The molecule has 14 heavy (non-hydrogen) atoms. The Balaban J connectivity index is 2.34. The van der Waals surface area contributed by atoms with E-state index in [1.54, 1.807) is 0 Å². The summed E-state index contributed by atoms with van der Waals surface area (Å²) in [5.41, 5.74) is 2.32. The first-order chi connectivity index (χ1) is 6.70. The lowest BCUT2D eigenvalue weighted by Gasteiger charge is -2.05. The predicted octanol–water partition coefficient (Wildman–Crippen LogP) is 2.64. The second kappa shape index (κ2) is 3.34. The average molecular weight is 187 g/mol. The Morgan fingerprint density at radius 1 is 1.57 bits per heavy atom. The first-order valence-corrected chi connectivity index (χ1v) is 4.90. The van der Waals surface area contributed by atoms with Crippen LogP contribution in [0, 0.1) is 11.3 Å². The van der Waals surface area contributed by atoms with E-state index >= 15 is 0 Å². The second-order valence-corrected chi connectivity index (χ2v) is 3.85. The number of benzene rings is 1. The van der Waals surface area contributed by atoms with Crippen LogP contribution in [0.1, 0.15) is 30.9 Å². The van der Waals surface area contributed by atoms with E-state index in [4.69, 9.17) is 10.00 Å². The fourth-order valence-electron chi connectivity index (χ4n) is 1.79. The van der Waals surface area contributed by atoms with Crippen LogP contribution in [0.2, 0.25) is 0 Å². The summed E-state index contributed by atoms with van der Waals surface area (Å²) in [5, 5.41) is 8.81. The lowest BCUT2D eigenvalue weighted by molar-refractivity contribution is 0.254. The largest absolute Gasteiger partial charge is 0.490 e. The first-order valence-electron chi connectivity index (χ1n) is 4.90. The fraction of sp³-hybridized carbons (Fsp3) is 0.417. The highest BCUT2D eigenvalue weighted by atomic mass is 16.5. The molecule has 72 valence electrons. The van der Waals surface area contributed by atoms with Crippen molar-refractivity contribution in [1.82, 2.24) is 0 Å². The molecule has 2 unspecified atom stereocenters. The van der Waals surface area contributed by atoms with Crippen molar-refractivity contribution < 1.29 is 4.74 Å². The molecule has 2 rings (SSSR count). The molecule has 0 fully saturated rings. The van der Waals surface area contributed by atoms with Crippen molar-refractivity contribution >= 4 is 0 Å². The lowest BCUT2D eigenvalue weighted by atomic mass is 9.99. The summed E-state index contributed by atoms with van der Waals surface area (Å²) < 4.78 is 5.59. The molecule has 0 radical (unpaired) electrons. The average Bonchev–Trinajstić information content (AvgIpc) is 2.55. The quantitative estimate of drug-likeness (QED) is 0.677. The zero-order chi connectivity index (χ0) is 10.1. The van der Waals surface area contributed by atoms with Gasteiger partial charge in [0.25, 0.3) is 0 Å². The Hall–Kier alpha value is -1.49. The highest BCUT2D eigenvalue weighted by Crippen LogP contribution is 2.31. The van der Waals surface area contributed by atoms with Gasteiger partial charge in [-0.25, -0.2) is 0 Å². The van der Waals surface area contributed by atoms with Crippen LogP contribution in [0.15, 0.2) is 18.2 Å². The number of nitrogens with zero attached hydrogens (tertiary/aromatic N) is 1. The molecule has 2 nitrogen and oxygen atoms in total. The van der Waals surface area contributed by atoms with Crippen molar-refractivity contribution in [3.63, 3.8) is 0 Å². The van der Waals surface area contributed by atoms with Gasteiger partial charge in [0.1, 0.15) is 11.9 Å². The van der Waals surface area contributed by atoms with Crippen molar-refractivity contribution in [2.45, 2.75) is 32.3 Å². The zero-order valence-electron chi connectivity index (χ0n) is 8.45. The zero-order valence-corrected chi connectivity index (χ0v) is 8.45. The highest BCUT2D eigenvalue weighted by molar-refractivity contribution is 5.42. The van der Waals surface area contributed by atoms with Gasteiger partial charge >= 0.3 is 0 Å². The van der Waals surface area contributed by atoms with Crippen LogP contribution < -0.4 is 4.74 Å². The third-order valence-electron chi connectivity index (χ3n) is 2.61. The summed E-state index contributed by atoms with van der Waals surface area (Å²) in [4.78, 5) is 0. The Morgan fingerprint density at radius 2 is 2.36 bits per heavy atom. The second-order valence-electron chi connectivity index (χ2n) is 3.85. The van der Waals surface area contributed by atoms with E-state index in [0.717, 1.165) is 17.7 Å². The summed E-state index contributed by atoms with van der Waals surface area (Å²) >= 11 is 0. The molecule has 1 aromatic carbocycles. The molecule has 1 aromatic rings. The van der Waals surface area contributed by atoms with E-state index in [1.807, 2.05) is 19.1 Å². The maximum atomic E-state index is 8.81. The van der Waals surface area contributed by atoms with Gasteiger partial charge in [0.15, 0.2) is 0 Å². The Labute approximate surface area is 84.1 Å². The van der Waals surface area contributed by atoms with Gasteiger partial charge in [-0.2, -0.15) is 5.26 Å². The molecule has 1 aliphatic rings. The van der Waals surface area contributed by atoms with Crippen molar-refractivity contribution in [1.29, 1.82) is 5.26 Å². The number of rotatable bonds is 1. The third-order valence-corrected chi connectivity index (χ3v) is 2.61. The minimum Gasteiger partial charge on any atom is -0.490 e. The normalized spacial score (nSPS) is 20.8. The summed E-state index contributed by atoms with van der Waals surface area (Å²) in [7, 11) is 0. The number of hydrogen-bond acceptors (Lipinski definition) is 2. The molecule has 1 heterocycles. The van der Waals surface area contributed by atoms with Crippen molar-refractivity contribution in [3.05, 3.63) is 29.3 Å². The number of fused-ring (bicyclic) bond motifs is 1. The lowest BCUT2D eigenvalue weighted by Crippen LogP contribution is -2.05. The summed E-state index contributed by atoms with van der Waals surface area (Å²) in [6.45, 7) is 3.98. The SMILES string of the molecule is CC1Cc2cc(C(C)C#N)ccc2O1. The van der Waals surface area contributed by atoms with Gasteiger partial charge in [-0.3, -0.25) is 0 Å². The van der Waals surface area contributed by atoms with Gasteiger partial charge < -0.3 is 4.74 Å². The Bertz CT molecular complexity index is 392. The van der Waals surface area contributed by atoms with Crippen LogP contribution in [-0.2, 0) is 6.42 Å². The molecule has 0 saturated heterocycles. The topological polar surface area (TPSA) is 33.0 Å². The minimum absolute atomic E-state index is 0.0313. The van der Waals surface area contributed by atoms with E-state index in [0.29, 0.717) is 0 Å². The molecule has 0 spiro atoms. The summed E-state index contributed by atoms with van der Waals surface area (Å²) in [5.74, 6) is 0.947. The predicted molar refractivity (Wildman–Crippen MR) is 54.3 cm³/mol. The van der Waals surface area contributed by atoms with Gasteiger partial charge in [0.05, 0.1) is 12.0 Å². The maximum Gasteiger partial charge on any atom is 0.123 e. The first kappa shape index (κ1) is 9.08. The van der Waals surface area contributed by atoms with E-state index in [9.17, 15) is 0 Å².